The van der Waals surface area contributed by atoms with E-state index >= 15 is 0 Å². The van der Waals surface area contributed by atoms with Crippen LogP contribution in [0.1, 0.15) is 38.2 Å². The van der Waals surface area contributed by atoms with Crippen LogP contribution < -0.4 is 5.32 Å². The predicted octanol–water partition coefficient (Wildman–Crippen LogP) is 4.45. The van der Waals surface area contributed by atoms with Crippen LogP contribution in [0, 0.1) is 23.2 Å². The van der Waals surface area contributed by atoms with Gasteiger partial charge in [-0.25, -0.2) is 0 Å². The van der Waals surface area contributed by atoms with Gasteiger partial charge in [0.25, 0.3) is 0 Å². The molecule has 0 amide bonds. The zero-order valence-electron chi connectivity index (χ0n) is 10.7. The van der Waals surface area contributed by atoms with E-state index in [1.165, 1.54) is 25.7 Å². The lowest BCUT2D eigenvalue weighted by Crippen LogP contribution is -2.21. The van der Waals surface area contributed by atoms with Crippen LogP contribution in [-0.2, 0) is 0 Å². The molecule has 96 valence electrons. The fraction of sp³-hybridized carbons (Fsp3) is 0.533. The monoisotopic (exact) mass is 262 g/mol. The molecule has 0 bridgehead atoms. The smallest absolute Gasteiger partial charge is 0.0992 e. The molecule has 0 spiro atoms. The lowest BCUT2D eigenvalue weighted by atomic mass is 9.82. The molecular formula is C15H19ClN2. The molecule has 1 aliphatic carbocycles. The van der Waals surface area contributed by atoms with E-state index in [9.17, 15) is 0 Å². The van der Waals surface area contributed by atoms with E-state index in [1.807, 2.05) is 6.07 Å². The normalized spacial score (nSPS) is 23.4. The van der Waals surface area contributed by atoms with Crippen molar-refractivity contribution in [2.24, 2.45) is 11.8 Å². The van der Waals surface area contributed by atoms with Gasteiger partial charge in [0.15, 0.2) is 0 Å². The van der Waals surface area contributed by atoms with Crippen molar-refractivity contribution in [1.82, 2.24) is 0 Å². The first-order chi connectivity index (χ1) is 8.69. The van der Waals surface area contributed by atoms with Crippen LogP contribution in [0.25, 0.3) is 0 Å². The molecule has 18 heavy (non-hydrogen) atoms. The number of halogens is 1. The summed E-state index contributed by atoms with van der Waals surface area (Å²) in [5.41, 5.74) is 1.54. The van der Waals surface area contributed by atoms with Crippen LogP contribution in [0.2, 0.25) is 5.02 Å². The second-order valence-corrected chi connectivity index (χ2v) is 5.73. The fourth-order valence-corrected chi connectivity index (χ4v) is 2.91. The Kier molecular flexibility index (Phi) is 4.49. The van der Waals surface area contributed by atoms with E-state index in [4.69, 9.17) is 16.9 Å². The number of nitrogens with zero attached hydrogens (tertiary/aromatic N) is 1. The first-order valence-corrected chi connectivity index (χ1v) is 7.00. The first-order valence-electron chi connectivity index (χ1n) is 6.62. The number of anilines is 1. The van der Waals surface area contributed by atoms with E-state index in [-0.39, 0.29) is 0 Å². The molecular weight excluding hydrogens is 244 g/mol. The molecule has 2 unspecified atom stereocenters. The third-order valence-electron chi connectivity index (χ3n) is 3.72. The van der Waals surface area contributed by atoms with Crippen LogP contribution in [0.15, 0.2) is 18.2 Å². The average molecular weight is 263 g/mol. The third kappa shape index (κ3) is 3.40. The maximum atomic E-state index is 8.88. The van der Waals surface area contributed by atoms with Crippen LogP contribution in [-0.4, -0.2) is 6.54 Å². The van der Waals surface area contributed by atoms with Crippen molar-refractivity contribution in [2.75, 3.05) is 11.9 Å². The van der Waals surface area contributed by atoms with Gasteiger partial charge in [-0.2, -0.15) is 5.26 Å². The topological polar surface area (TPSA) is 35.8 Å². The minimum Gasteiger partial charge on any atom is -0.384 e. The summed E-state index contributed by atoms with van der Waals surface area (Å²) in [5, 5.41) is 13.0. The minimum atomic E-state index is 0.652. The minimum absolute atomic E-state index is 0.652. The van der Waals surface area contributed by atoms with Crippen molar-refractivity contribution >= 4 is 17.3 Å². The first kappa shape index (κ1) is 13.2. The molecule has 2 nitrogen and oxygen atoms in total. The molecule has 1 aromatic rings. The summed E-state index contributed by atoms with van der Waals surface area (Å²) in [6.07, 6.45) is 5.29. The molecule has 0 aliphatic heterocycles. The zero-order chi connectivity index (χ0) is 13.0. The van der Waals surface area contributed by atoms with Crippen LogP contribution >= 0.6 is 11.6 Å². The van der Waals surface area contributed by atoms with E-state index in [2.05, 4.69) is 18.3 Å². The maximum Gasteiger partial charge on any atom is 0.0992 e. The van der Waals surface area contributed by atoms with E-state index in [1.54, 1.807) is 12.1 Å². The highest BCUT2D eigenvalue weighted by atomic mass is 35.5. The predicted molar refractivity (Wildman–Crippen MR) is 75.8 cm³/mol. The molecule has 1 aliphatic rings. The molecule has 1 saturated carbocycles. The average Bonchev–Trinajstić information content (AvgIpc) is 2.38. The molecule has 3 heteroatoms. The Morgan fingerprint density at radius 1 is 1.44 bits per heavy atom. The van der Waals surface area contributed by atoms with Crippen LogP contribution in [0.4, 0.5) is 5.69 Å². The van der Waals surface area contributed by atoms with Gasteiger partial charge in [0.1, 0.15) is 0 Å². The van der Waals surface area contributed by atoms with Crippen molar-refractivity contribution in [1.29, 1.82) is 5.26 Å². The Morgan fingerprint density at radius 3 is 3.00 bits per heavy atom. The number of nitriles is 1. The molecule has 1 N–H and O–H groups in total. The Hall–Kier alpha value is -1.20. The van der Waals surface area contributed by atoms with Crippen LogP contribution in [0.5, 0.6) is 0 Å². The number of benzene rings is 1. The van der Waals surface area contributed by atoms with Gasteiger partial charge in [-0.15, -0.1) is 0 Å². The van der Waals surface area contributed by atoms with E-state index in [0.717, 1.165) is 24.1 Å². The summed E-state index contributed by atoms with van der Waals surface area (Å²) < 4.78 is 0. The van der Waals surface area contributed by atoms with Gasteiger partial charge < -0.3 is 5.32 Å². The van der Waals surface area contributed by atoms with Gasteiger partial charge in [0.05, 0.1) is 22.3 Å². The molecule has 0 heterocycles. The molecule has 1 aromatic carbocycles. The quantitative estimate of drug-likeness (QED) is 0.874. The molecule has 0 aromatic heterocycles. The number of hydrogen-bond acceptors (Lipinski definition) is 2. The number of hydrogen-bond donors (Lipinski definition) is 1. The molecule has 0 radical (unpaired) electrons. The molecule has 2 rings (SSSR count). The second-order valence-electron chi connectivity index (χ2n) is 5.33. The van der Waals surface area contributed by atoms with Gasteiger partial charge in [-0.05, 0) is 42.9 Å². The fourth-order valence-electron chi connectivity index (χ4n) is 2.73. The lowest BCUT2D eigenvalue weighted by Gasteiger charge is -2.27. The van der Waals surface area contributed by atoms with Crippen molar-refractivity contribution in [3.05, 3.63) is 28.8 Å². The summed E-state index contributed by atoms with van der Waals surface area (Å²) in [6.45, 7) is 3.29. The summed E-state index contributed by atoms with van der Waals surface area (Å²) in [4.78, 5) is 0. The highest BCUT2D eigenvalue weighted by Gasteiger charge is 2.18. The highest BCUT2D eigenvalue weighted by Crippen LogP contribution is 2.30. The van der Waals surface area contributed by atoms with Crippen molar-refractivity contribution in [3.8, 4) is 6.07 Å². The van der Waals surface area contributed by atoms with Gasteiger partial charge >= 0.3 is 0 Å². The van der Waals surface area contributed by atoms with Gasteiger partial charge in [0.2, 0.25) is 0 Å². The number of nitrogens with one attached hydrogen (secondary N) is 1. The van der Waals surface area contributed by atoms with Crippen molar-refractivity contribution in [2.45, 2.75) is 32.6 Å². The standard InChI is InChI=1S/C15H19ClN2/c1-11-3-2-4-13(7-11)10-18-15-8-12(9-17)5-6-14(15)16/h5-6,8,11,13,18H,2-4,7,10H2,1H3. The maximum absolute atomic E-state index is 8.88. The third-order valence-corrected chi connectivity index (χ3v) is 4.05. The number of rotatable bonds is 3. The lowest BCUT2D eigenvalue weighted by molar-refractivity contribution is 0.293. The molecule has 0 saturated heterocycles. The van der Waals surface area contributed by atoms with E-state index in [0.29, 0.717) is 10.6 Å². The summed E-state index contributed by atoms with van der Waals surface area (Å²) in [7, 11) is 0. The second kappa shape index (κ2) is 6.11. The Balaban J connectivity index is 1.95. The largest absolute Gasteiger partial charge is 0.384 e. The zero-order valence-corrected chi connectivity index (χ0v) is 11.5. The SMILES string of the molecule is CC1CCCC(CNc2cc(C#N)ccc2Cl)C1. The van der Waals surface area contributed by atoms with Gasteiger partial charge in [-0.1, -0.05) is 31.4 Å². The Bertz CT molecular complexity index is 450. The van der Waals surface area contributed by atoms with Crippen molar-refractivity contribution < 1.29 is 0 Å². The molecule has 2 atom stereocenters. The van der Waals surface area contributed by atoms with Crippen molar-refractivity contribution in [3.63, 3.8) is 0 Å². The highest BCUT2D eigenvalue weighted by molar-refractivity contribution is 6.33. The Labute approximate surface area is 114 Å². The Morgan fingerprint density at radius 2 is 2.28 bits per heavy atom. The van der Waals surface area contributed by atoms with E-state index < -0.39 is 0 Å². The molecule has 1 fully saturated rings. The van der Waals surface area contributed by atoms with Crippen LogP contribution in [0.3, 0.4) is 0 Å². The van der Waals surface area contributed by atoms with Gasteiger partial charge in [-0.3, -0.25) is 0 Å². The summed E-state index contributed by atoms with van der Waals surface area (Å²) >= 11 is 6.13. The summed E-state index contributed by atoms with van der Waals surface area (Å²) in [5.74, 6) is 1.57. The summed E-state index contributed by atoms with van der Waals surface area (Å²) in [6, 6.07) is 7.50. The van der Waals surface area contributed by atoms with Gasteiger partial charge in [0, 0.05) is 6.54 Å².